The quantitative estimate of drug-likeness (QED) is 0.368. The van der Waals surface area contributed by atoms with Crippen LogP contribution in [0.4, 0.5) is 0 Å². The molecule has 0 aromatic rings. The minimum Gasteiger partial charge on any atom is -0.545 e. The van der Waals surface area contributed by atoms with Gasteiger partial charge in [0.15, 0.2) is 0 Å². The maximum absolute atomic E-state index is 7.75. The van der Waals surface area contributed by atoms with Crippen molar-refractivity contribution < 1.29 is 30.7 Å². The second kappa shape index (κ2) is 26.7. The van der Waals surface area contributed by atoms with Crippen LogP contribution in [0.2, 0.25) is 25.2 Å². The molecule has 1 rings (SSSR count). The minimum absolute atomic E-state index is 0. The van der Waals surface area contributed by atoms with Crippen LogP contribution in [-0.4, -0.2) is 21.7 Å². The molecule has 0 heterocycles. The van der Waals surface area contributed by atoms with E-state index in [-0.39, 0.29) is 35.9 Å². The van der Waals surface area contributed by atoms with Crippen molar-refractivity contribution in [1.29, 1.82) is 0 Å². The molecule has 0 atom stereocenters. The van der Waals surface area contributed by atoms with Crippen molar-refractivity contribution in [3.05, 3.63) is 14.9 Å². The summed E-state index contributed by atoms with van der Waals surface area (Å²) in [5.41, 5.74) is 1.15. The van der Waals surface area contributed by atoms with Crippen LogP contribution in [0.1, 0.15) is 46.0 Å². The Morgan fingerprint density at radius 3 is 1.21 bits per heavy atom. The van der Waals surface area contributed by atoms with E-state index in [0.29, 0.717) is 0 Å². The largest absolute Gasteiger partial charge is 4.00 e. The third-order valence-corrected chi connectivity index (χ3v) is 5.61. The Labute approximate surface area is 138 Å². The number of rotatable bonds is 1. The first-order chi connectivity index (χ1) is 7.52. The van der Waals surface area contributed by atoms with Crippen molar-refractivity contribution in [3.8, 4) is 0 Å². The van der Waals surface area contributed by atoms with Gasteiger partial charge in [-0.25, -0.2) is 0 Å². The molecule has 0 saturated heterocycles. The van der Waals surface area contributed by atoms with Gasteiger partial charge in [0.05, 0.1) is 0 Å². The average molecular weight is 370 g/mol. The molecule has 0 aromatic carbocycles. The first-order valence-corrected chi connectivity index (χ1v) is 9.57. The minimum atomic E-state index is -0.724. The molecule has 0 spiro atoms. The summed E-state index contributed by atoms with van der Waals surface area (Å²) in [7, 11) is -0.724. The van der Waals surface area contributed by atoms with Crippen LogP contribution in [0.25, 0.3) is 0 Å². The smallest absolute Gasteiger partial charge is 0.545 e. The second-order valence-corrected chi connectivity index (χ2v) is 10.6. The van der Waals surface area contributed by atoms with E-state index in [9.17, 15) is 0 Å². The summed E-state index contributed by atoms with van der Waals surface area (Å²) in [6.07, 6.45) is 7.34. The molecule has 116 valence electrons. The summed E-state index contributed by atoms with van der Waals surface area (Å²) in [6, 6.07) is 0. The zero-order valence-electron chi connectivity index (χ0n) is 14.0. The fraction of sp³-hybridized carbons (Fsp3) is 0.733. The molecule has 1 fully saturated rings. The molecule has 0 bridgehead atoms. The Balaban J connectivity index is -0.0000000371. The fourth-order valence-electron chi connectivity index (χ4n) is 1.79. The number of hydrogen-bond acceptors (Lipinski definition) is 2. The zero-order chi connectivity index (χ0) is 13.6. The molecule has 2 nitrogen and oxygen atoms in total. The molecular weight excluding hydrogens is 336 g/mol. The first-order valence-electron chi connectivity index (χ1n) is 5.99. The summed E-state index contributed by atoms with van der Waals surface area (Å²) >= 11 is 0. The molecule has 0 aliphatic heterocycles. The van der Waals surface area contributed by atoms with Gasteiger partial charge in [0.1, 0.15) is 0 Å². The SMILES string of the molecule is CCC.C[Si](C)(C)C1CCCC1.[CH-]=O.[CH-]=O.[CH3-].[CH3-].[Mo+4]. The number of carbonyl (C=O) groups excluding carboxylic acids is 2. The summed E-state index contributed by atoms with van der Waals surface area (Å²) in [6.45, 7) is 18.3. The standard InChI is InChI=1S/C8H18Si.C3H8.2CHO.2CH3.Mo/c1-9(2,3)8-6-4-5-7-8;1-3-2;2*1-2;;;/h8H,4-7H2,1-3H3;3H2,1-2H3;2*1H;2*1H3;/q;;4*-1;+4. The Morgan fingerprint density at radius 1 is 0.895 bits per heavy atom. The van der Waals surface area contributed by atoms with Crippen molar-refractivity contribution in [2.24, 2.45) is 0 Å². The van der Waals surface area contributed by atoms with Crippen molar-refractivity contribution >= 4 is 21.7 Å². The normalized spacial score (nSPS) is 12.3. The third-order valence-electron chi connectivity index (χ3n) is 2.58. The van der Waals surface area contributed by atoms with Gasteiger partial charge in [0.2, 0.25) is 0 Å². The summed E-state index contributed by atoms with van der Waals surface area (Å²) in [5, 5.41) is 0. The van der Waals surface area contributed by atoms with Crippen molar-refractivity contribution in [2.75, 3.05) is 0 Å². The van der Waals surface area contributed by atoms with Crippen LogP contribution in [0, 0.1) is 14.9 Å². The van der Waals surface area contributed by atoms with Gasteiger partial charge in [-0.05, 0) is 5.54 Å². The van der Waals surface area contributed by atoms with Gasteiger partial charge in [0, 0.05) is 8.07 Å². The van der Waals surface area contributed by atoms with E-state index in [0.717, 1.165) is 5.54 Å². The molecule has 1 aliphatic rings. The van der Waals surface area contributed by atoms with Gasteiger partial charge in [-0.1, -0.05) is 65.6 Å². The predicted molar refractivity (Wildman–Crippen MR) is 87.9 cm³/mol. The zero-order valence-corrected chi connectivity index (χ0v) is 17.0. The molecule has 0 N–H and O–H groups in total. The van der Waals surface area contributed by atoms with Crippen LogP contribution < -0.4 is 0 Å². The molecule has 4 heteroatoms. The molecule has 1 aliphatic carbocycles. The van der Waals surface area contributed by atoms with Crippen LogP contribution >= 0.6 is 0 Å². The van der Waals surface area contributed by atoms with E-state index in [1.165, 1.54) is 32.1 Å². The fourth-order valence-corrected chi connectivity index (χ4v) is 3.93. The topological polar surface area (TPSA) is 34.1 Å². The van der Waals surface area contributed by atoms with Crippen molar-refractivity contribution in [3.63, 3.8) is 0 Å². The van der Waals surface area contributed by atoms with Crippen molar-refractivity contribution in [2.45, 2.75) is 71.1 Å². The van der Waals surface area contributed by atoms with Gasteiger partial charge < -0.3 is 24.4 Å². The number of hydrogen-bond donors (Lipinski definition) is 0. The Hall–Kier alpha value is 0.245. The van der Waals surface area contributed by atoms with Gasteiger partial charge >= 0.3 is 21.1 Å². The Morgan fingerprint density at radius 2 is 1.11 bits per heavy atom. The Bertz CT molecular complexity index is 131. The van der Waals surface area contributed by atoms with Crippen LogP contribution in [-0.2, 0) is 30.7 Å². The molecule has 0 unspecified atom stereocenters. The average Bonchev–Trinajstić information content (AvgIpc) is 2.77. The van der Waals surface area contributed by atoms with E-state index in [1.807, 2.05) is 0 Å². The summed E-state index contributed by atoms with van der Waals surface area (Å²) in [4.78, 5) is 15.5. The monoisotopic (exact) mass is 372 g/mol. The molecule has 0 radical (unpaired) electrons. The van der Waals surface area contributed by atoms with Crippen LogP contribution in [0.15, 0.2) is 0 Å². The van der Waals surface area contributed by atoms with E-state index < -0.39 is 8.07 Å². The van der Waals surface area contributed by atoms with E-state index in [2.05, 4.69) is 47.1 Å². The van der Waals surface area contributed by atoms with E-state index >= 15 is 0 Å². The molecule has 1 saturated carbocycles. The van der Waals surface area contributed by atoms with Crippen LogP contribution in [0.3, 0.4) is 0 Å². The molecule has 0 aromatic heterocycles. The van der Waals surface area contributed by atoms with E-state index in [1.54, 1.807) is 0 Å². The summed E-state index contributed by atoms with van der Waals surface area (Å²) in [5.74, 6) is 0. The second-order valence-electron chi connectivity index (χ2n) is 5.05. The first kappa shape index (κ1) is 36.5. The van der Waals surface area contributed by atoms with Gasteiger partial charge in [0.25, 0.3) is 0 Å². The van der Waals surface area contributed by atoms with Gasteiger partial charge in [-0.15, -0.1) is 0 Å². The van der Waals surface area contributed by atoms with Gasteiger partial charge in [-0.3, -0.25) is 13.6 Å². The third kappa shape index (κ3) is 27.4. The maximum atomic E-state index is 7.75. The Kier molecular flexibility index (Phi) is 51.4. The summed E-state index contributed by atoms with van der Waals surface area (Å²) < 4.78 is 0. The molecular formula is C15H34MoO2Si. The van der Waals surface area contributed by atoms with Gasteiger partial charge in [-0.2, -0.15) is 0 Å². The van der Waals surface area contributed by atoms with E-state index in [4.69, 9.17) is 9.59 Å². The maximum Gasteiger partial charge on any atom is 4.00 e. The molecule has 0 amide bonds. The predicted octanol–water partition coefficient (Wildman–Crippen LogP) is 5.03. The molecule has 19 heavy (non-hydrogen) atoms. The van der Waals surface area contributed by atoms with Crippen molar-refractivity contribution in [1.82, 2.24) is 0 Å². The van der Waals surface area contributed by atoms with Crippen LogP contribution in [0.5, 0.6) is 0 Å².